The van der Waals surface area contributed by atoms with Crippen LogP contribution < -0.4 is 5.32 Å². The van der Waals surface area contributed by atoms with Gasteiger partial charge in [0.25, 0.3) is 5.91 Å². The summed E-state index contributed by atoms with van der Waals surface area (Å²) in [6, 6.07) is 12.6. The lowest BCUT2D eigenvalue weighted by Gasteiger charge is -2.27. The van der Waals surface area contributed by atoms with Gasteiger partial charge < -0.3 is 15.2 Å². The maximum atomic E-state index is 13.5. The number of carbonyl (C=O) groups excluding carboxylic acids is 1. The van der Waals surface area contributed by atoms with Crippen molar-refractivity contribution in [2.24, 2.45) is 5.92 Å². The lowest BCUT2D eigenvalue weighted by Crippen LogP contribution is -2.42. The van der Waals surface area contributed by atoms with Gasteiger partial charge in [0.2, 0.25) is 0 Å². The minimum absolute atomic E-state index is 0.201. The molecule has 3 atom stereocenters. The minimum atomic E-state index is -3.38. The van der Waals surface area contributed by atoms with E-state index in [0.29, 0.717) is 22.8 Å². The molecule has 1 amide bonds. The fraction of sp³-hybridized carbons (Fsp3) is 0.576. The van der Waals surface area contributed by atoms with Gasteiger partial charge in [0.05, 0.1) is 12.4 Å². The number of aliphatic carboxylic acids is 1. The zero-order valence-electron chi connectivity index (χ0n) is 25.6. The Morgan fingerprint density at radius 3 is 2.51 bits per heavy atom. The van der Waals surface area contributed by atoms with Gasteiger partial charge in [-0.3, -0.25) is 9.69 Å². The fourth-order valence-corrected chi connectivity index (χ4v) is 7.66. The van der Waals surface area contributed by atoms with Crippen LogP contribution in [0.15, 0.2) is 42.5 Å². The third-order valence-corrected chi connectivity index (χ3v) is 10.7. The molecule has 0 radical (unpaired) electrons. The van der Waals surface area contributed by atoms with E-state index < -0.39 is 27.8 Å². The predicted molar refractivity (Wildman–Crippen MR) is 173 cm³/mol. The van der Waals surface area contributed by atoms with Crippen molar-refractivity contribution >= 4 is 33.5 Å². The number of amides is 1. The van der Waals surface area contributed by atoms with Crippen molar-refractivity contribution in [3.05, 3.63) is 59.2 Å². The molecule has 10 heteroatoms. The molecule has 0 aromatic heterocycles. The standard InChI is InChI=1S/C33H46N2O6S2/c1-23-9-7-8-12-28(23)30-17-25(13-14-29(30)32(36)34-31(33(37)38)15-16-43(3,39)40)19-35-20-27(42-2)18-26(35)22-41-21-24-10-5-4-6-11-24/h7-9,12-14,17,24,26-27,31H,4-6,10-11,15-16,18-22H2,1-3H3,(H,34,36)(H,37,38)/t26?,27-,31+/m1/s1. The highest BCUT2D eigenvalue weighted by Crippen LogP contribution is 2.32. The molecule has 8 nitrogen and oxygen atoms in total. The third kappa shape index (κ3) is 9.80. The van der Waals surface area contributed by atoms with Crippen molar-refractivity contribution in [2.45, 2.75) is 75.7 Å². The first-order valence-electron chi connectivity index (χ1n) is 15.3. The summed E-state index contributed by atoms with van der Waals surface area (Å²) in [6.45, 7) is 5.25. The molecule has 2 aromatic rings. The van der Waals surface area contributed by atoms with Crippen LogP contribution in [0.3, 0.4) is 0 Å². The van der Waals surface area contributed by atoms with Crippen LogP contribution in [0.25, 0.3) is 11.1 Å². The molecule has 0 bridgehead atoms. The average Bonchev–Trinajstić information content (AvgIpc) is 3.36. The average molecular weight is 631 g/mol. The monoisotopic (exact) mass is 630 g/mol. The summed E-state index contributed by atoms with van der Waals surface area (Å²) in [6.07, 6.45) is 10.6. The van der Waals surface area contributed by atoms with E-state index in [1.807, 2.05) is 55.1 Å². The summed E-state index contributed by atoms with van der Waals surface area (Å²) in [4.78, 5) is 27.8. The zero-order chi connectivity index (χ0) is 31.0. The van der Waals surface area contributed by atoms with Crippen molar-refractivity contribution in [3.63, 3.8) is 0 Å². The molecule has 1 aliphatic carbocycles. The number of nitrogens with zero attached hydrogens (tertiary/aromatic N) is 1. The number of thioether (sulfide) groups is 1. The first-order valence-corrected chi connectivity index (χ1v) is 18.6. The molecule has 2 aliphatic rings. The summed E-state index contributed by atoms with van der Waals surface area (Å²) in [5.41, 5.74) is 4.05. The lowest BCUT2D eigenvalue weighted by atomic mass is 9.90. The normalized spacial score (nSPS) is 20.6. The summed E-state index contributed by atoms with van der Waals surface area (Å²) in [5, 5.41) is 12.8. The van der Waals surface area contributed by atoms with E-state index in [1.54, 1.807) is 6.07 Å². The van der Waals surface area contributed by atoms with E-state index in [-0.39, 0.29) is 12.2 Å². The molecule has 4 rings (SSSR count). The highest BCUT2D eigenvalue weighted by Gasteiger charge is 2.32. The van der Waals surface area contributed by atoms with Crippen molar-refractivity contribution in [3.8, 4) is 11.1 Å². The van der Waals surface area contributed by atoms with Crippen LogP contribution in [0.2, 0.25) is 0 Å². The number of ether oxygens (including phenoxy) is 1. The first-order chi connectivity index (χ1) is 20.5. The molecule has 1 aliphatic heterocycles. The molecule has 2 N–H and O–H groups in total. The molecular weight excluding hydrogens is 585 g/mol. The number of benzene rings is 2. The highest BCUT2D eigenvalue weighted by molar-refractivity contribution is 7.99. The van der Waals surface area contributed by atoms with Crippen molar-refractivity contribution < 1.29 is 27.9 Å². The molecule has 1 unspecified atom stereocenters. The van der Waals surface area contributed by atoms with Gasteiger partial charge in [-0.25, -0.2) is 13.2 Å². The molecule has 1 saturated heterocycles. The van der Waals surface area contributed by atoms with Crippen molar-refractivity contribution in [1.29, 1.82) is 0 Å². The number of carboxylic acid groups (broad SMARTS) is 1. The van der Waals surface area contributed by atoms with E-state index >= 15 is 0 Å². The largest absolute Gasteiger partial charge is 0.480 e. The quantitative estimate of drug-likeness (QED) is 0.294. The van der Waals surface area contributed by atoms with Gasteiger partial charge in [0, 0.05) is 42.8 Å². The maximum Gasteiger partial charge on any atom is 0.326 e. The van der Waals surface area contributed by atoms with Crippen LogP contribution >= 0.6 is 11.8 Å². The molecule has 0 spiro atoms. The molecule has 2 aromatic carbocycles. The number of aryl methyl sites for hydroxylation is 1. The molecule has 236 valence electrons. The van der Waals surface area contributed by atoms with Gasteiger partial charge >= 0.3 is 5.97 Å². The molecular formula is C33H46N2O6S2. The number of likely N-dealkylation sites (tertiary alicyclic amines) is 1. The SMILES string of the molecule is CS[C@@H]1CC(COCC2CCCCC2)N(Cc2ccc(C(=O)N[C@@H](CCS(C)(=O)=O)C(=O)O)c(-c3ccccc3C)c2)C1. The van der Waals surface area contributed by atoms with E-state index in [0.717, 1.165) is 61.2 Å². The third-order valence-electron chi connectivity index (χ3n) is 8.74. The number of carbonyl (C=O) groups is 2. The maximum absolute atomic E-state index is 13.5. The highest BCUT2D eigenvalue weighted by atomic mass is 32.2. The summed E-state index contributed by atoms with van der Waals surface area (Å²) >= 11 is 1.90. The predicted octanol–water partition coefficient (Wildman–Crippen LogP) is 5.18. The number of hydrogen-bond donors (Lipinski definition) is 2. The zero-order valence-corrected chi connectivity index (χ0v) is 27.2. The molecule has 2 fully saturated rings. The van der Waals surface area contributed by atoms with E-state index in [1.165, 1.54) is 32.1 Å². The Balaban J connectivity index is 1.54. The smallest absolute Gasteiger partial charge is 0.326 e. The molecule has 1 saturated carbocycles. The van der Waals surface area contributed by atoms with Crippen LogP contribution in [-0.4, -0.2) is 85.7 Å². The van der Waals surface area contributed by atoms with Gasteiger partial charge in [0.1, 0.15) is 15.9 Å². The minimum Gasteiger partial charge on any atom is -0.480 e. The van der Waals surface area contributed by atoms with E-state index in [9.17, 15) is 23.1 Å². The van der Waals surface area contributed by atoms with Gasteiger partial charge in [-0.1, -0.05) is 49.6 Å². The van der Waals surface area contributed by atoms with Crippen LogP contribution in [-0.2, 0) is 25.9 Å². The number of rotatable bonds is 14. The summed E-state index contributed by atoms with van der Waals surface area (Å²) in [7, 11) is -3.38. The second-order valence-corrected chi connectivity index (χ2v) is 15.6. The summed E-state index contributed by atoms with van der Waals surface area (Å²) in [5.74, 6) is -1.45. The number of sulfone groups is 1. The second kappa shape index (κ2) is 15.5. The van der Waals surface area contributed by atoms with Gasteiger partial charge in [-0.05, 0) is 79.2 Å². The Bertz CT molecular complexity index is 1360. The molecule has 1 heterocycles. The van der Waals surface area contributed by atoms with E-state index in [4.69, 9.17) is 4.74 Å². The van der Waals surface area contributed by atoms with Crippen LogP contribution in [0.4, 0.5) is 0 Å². The topological polar surface area (TPSA) is 113 Å². The van der Waals surface area contributed by atoms with Crippen LogP contribution in [0, 0.1) is 12.8 Å². The van der Waals surface area contributed by atoms with Gasteiger partial charge in [0.15, 0.2) is 0 Å². The Morgan fingerprint density at radius 2 is 1.84 bits per heavy atom. The second-order valence-electron chi connectivity index (χ2n) is 12.2. The Morgan fingerprint density at radius 1 is 1.09 bits per heavy atom. The Hall–Kier alpha value is -2.40. The Labute approximate surface area is 260 Å². The van der Waals surface area contributed by atoms with E-state index in [2.05, 4.69) is 16.5 Å². The number of nitrogens with one attached hydrogen (secondary N) is 1. The van der Waals surface area contributed by atoms with Gasteiger partial charge in [-0.15, -0.1) is 0 Å². The number of hydrogen-bond acceptors (Lipinski definition) is 7. The van der Waals surface area contributed by atoms with Gasteiger partial charge in [-0.2, -0.15) is 11.8 Å². The van der Waals surface area contributed by atoms with Crippen LogP contribution in [0.5, 0.6) is 0 Å². The fourth-order valence-electron chi connectivity index (χ4n) is 6.25. The molecule has 43 heavy (non-hydrogen) atoms. The summed E-state index contributed by atoms with van der Waals surface area (Å²) < 4.78 is 29.6. The number of carboxylic acids is 1. The van der Waals surface area contributed by atoms with Crippen molar-refractivity contribution in [2.75, 3.05) is 38.0 Å². The lowest BCUT2D eigenvalue weighted by molar-refractivity contribution is -0.139. The Kier molecular flexibility index (Phi) is 12.1. The first kappa shape index (κ1) is 33.5. The van der Waals surface area contributed by atoms with Crippen molar-refractivity contribution in [1.82, 2.24) is 10.2 Å². The van der Waals surface area contributed by atoms with Crippen LogP contribution in [0.1, 0.15) is 66.4 Å².